The van der Waals surface area contributed by atoms with Gasteiger partial charge in [0.2, 0.25) is 0 Å². The molecular weight excluding hydrogens is 308 g/mol. The number of urea groups is 1. The van der Waals surface area contributed by atoms with Crippen LogP contribution in [0.3, 0.4) is 0 Å². The fraction of sp³-hybridized carbons (Fsp3) is 0.765. The van der Waals surface area contributed by atoms with Crippen LogP contribution in [0.25, 0.3) is 0 Å². The topological polar surface area (TPSA) is 48.5 Å². The zero-order valence-electron chi connectivity index (χ0n) is 14.0. The van der Waals surface area contributed by atoms with Gasteiger partial charge in [0.05, 0.1) is 16.7 Å². The molecule has 3 atom stereocenters. The highest BCUT2D eigenvalue weighted by atomic mass is 32.1. The number of hydrogen-bond acceptors (Lipinski definition) is 4. The number of aromatic nitrogens is 1. The molecule has 3 fully saturated rings. The van der Waals surface area contributed by atoms with E-state index in [2.05, 4.69) is 22.6 Å². The zero-order valence-corrected chi connectivity index (χ0v) is 14.8. The smallest absolute Gasteiger partial charge is 0.317 e. The predicted octanol–water partition coefficient (Wildman–Crippen LogP) is 2.96. The maximum Gasteiger partial charge on any atom is 0.317 e. The molecule has 1 saturated carbocycles. The number of carbonyl (C=O) groups is 1. The summed E-state index contributed by atoms with van der Waals surface area (Å²) in [7, 11) is 2.21. The van der Waals surface area contributed by atoms with Crippen LogP contribution in [0, 0.1) is 0 Å². The van der Waals surface area contributed by atoms with E-state index in [1.807, 2.05) is 11.8 Å². The van der Waals surface area contributed by atoms with Crippen LogP contribution in [0.4, 0.5) is 4.79 Å². The van der Waals surface area contributed by atoms with Gasteiger partial charge in [0, 0.05) is 36.5 Å². The second-order valence-corrected chi connectivity index (χ2v) is 8.23. The highest BCUT2D eigenvalue weighted by Gasteiger charge is 2.36. The molecule has 1 N–H and O–H groups in total. The van der Waals surface area contributed by atoms with Crippen LogP contribution < -0.4 is 5.32 Å². The molecule has 0 aromatic carbocycles. The molecule has 4 rings (SSSR count). The first-order valence-corrected chi connectivity index (χ1v) is 9.72. The molecule has 3 unspecified atom stereocenters. The lowest BCUT2D eigenvalue weighted by Gasteiger charge is -2.27. The lowest BCUT2D eigenvalue weighted by atomic mass is 10.1. The van der Waals surface area contributed by atoms with E-state index in [0.717, 1.165) is 25.2 Å². The molecule has 0 spiro atoms. The van der Waals surface area contributed by atoms with Crippen molar-refractivity contribution in [3.63, 3.8) is 0 Å². The minimum atomic E-state index is -0.00980. The van der Waals surface area contributed by atoms with Crippen molar-refractivity contribution >= 4 is 17.4 Å². The fourth-order valence-electron chi connectivity index (χ4n) is 3.86. The van der Waals surface area contributed by atoms with Gasteiger partial charge >= 0.3 is 6.03 Å². The van der Waals surface area contributed by atoms with Crippen LogP contribution in [-0.2, 0) is 0 Å². The summed E-state index contributed by atoms with van der Waals surface area (Å²) in [5.41, 5.74) is 1.01. The van der Waals surface area contributed by atoms with Gasteiger partial charge in [0.1, 0.15) is 0 Å². The van der Waals surface area contributed by atoms with Gasteiger partial charge in [-0.1, -0.05) is 0 Å². The quantitative estimate of drug-likeness (QED) is 0.924. The first-order chi connectivity index (χ1) is 11.1. The molecule has 2 aliphatic heterocycles. The zero-order chi connectivity index (χ0) is 16.0. The van der Waals surface area contributed by atoms with E-state index in [4.69, 9.17) is 4.98 Å². The van der Waals surface area contributed by atoms with E-state index in [1.54, 1.807) is 11.3 Å². The van der Waals surface area contributed by atoms with E-state index in [1.165, 1.54) is 30.7 Å². The minimum absolute atomic E-state index is 0.00980. The average Bonchev–Trinajstić information content (AvgIpc) is 3.17. The number of hydrogen-bond donors (Lipinski definition) is 1. The van der Waals surface area contributed by atoms with E-state index in [-0.39, 0.29) is 12.1 Å². The van der Waals surface area contributed by atoms with Crippen molar-refractivity contribution in [2.75, 3.05) is 20.1 Å². The third kappa shape index (κ3) is 3.11. The molecule has 3 aliphatic rings. The van der Waals surface area contributed by atoms with Gasteiger partial charge in [-0.05, 0) is 46.1 Å². The van der Waals surface area contributed by atoms with Crippen molar-refractivity contribution in [1.82, 2.24) is 20.1 Å². The Morgan fingerprint density at radius 1 is 1.30 bits per heavy atom. The minimum Gasteiger partial charge on any atom is -0.330 e. The number of rotatable bonds is 3. The Hall–Kier alpha value is -1.14. The van der Waals surface area contributed by atoms with Gasteiger partial charge in [-0.3, -0.25) is 4.90 Å². The first kappa shape index (κ1) is 15.4. The molecule has 1 aromatic heterocycles. The number of likely N-dealkylation sites (N-methyl/N-ethyl adjacent to an activating group) is 1. The van der Waals surface area contributed by atoms with Gasteiger partial charge in [-0.25, -0.2) is 9.78 Å². The van der Waals surface area contributed by atoms with Crippen LogP contribution in [0.5, 0.6) is 0 Å². The summed E-state index contributed by atoms with van der Waals surface area (Å²) < 4.78 is 0. The highest BCUT2D eigenvalue weighted by molar-refractivity contribution is 7.09. The molecule has 3 heterocycles. The first-order valence-electron chi connectivity index (χ1n) is 8.84. The summed E-state index contributed by atoms with van der Waals surface area (Å²) in [4.78, 5) is 21.8. The van der Waals surface area contributed by atoms with Crippen LogP contribution >= 0.6 is 11.3 Å². The monoisotopic (exact) mass is 334 g/mol. The number of nitrogens with one attached hydrogen (secondary N) is 1. The number of amides is 2. The SMILES string of the molecule is CC(NC(=O)N1CCC2CCC(C1)N2C)c1csc(C2CC2)n1. The van der Waals surface area contributed by atoms with Crippen molar-refractivity contribution in [1.29, 1.82) is 0 Å². The molecule has 2 bridgehead atoms. The molecule has 1 aliphatic carbocycles. The lowest BCUT2D eigenvalue weighted by Crippen LogP contribution is -2.45. The summed E-state index contributed by atoms with van der Waals surface area (Å²) in [6.45, 7) is 3.77. The number of carbonyl (C=O) groups excluding carboxylic acids is 1. The second kappa shape index (κ2) is 6.06. The molecule has 23 heavy (non-hydrogen) atoms. The second-order valence-electron chi connectivity index (χ2n) is 7.34. The molecule has 2 amide bonds. The predicted molar refractivity (Wildman–Crippen MR) is 91.8 cm³/mol. The Morgan fingerprint density at radius 3 is 2.87 bits per heavy atom. The van der Waals surface area contributed by atoms with Gasteiger partial charge in [0.25, 0.3) is 0 Å². The van der Waals surface area contributed by atoms with E-state index >= 15 is 0 Å². The van der Waals surface area contributed by atoms with Crippen LogP contribution in [-0.4, -0.2) is 53.0 Å². The standard InChI is InChI=1S/C17H26N4OS/c1-11(15-10-23-16(19-15)12-3-4-12)18-17(22)21-8-7-13-5-6-14(9-21)20(13)2/h10-14H,3-9H2,1-2H3,(H,18,22). The Kier molecular flexibility index (Phi) is 4.05. The molecule has 1 aromatic rings. The Balaban J connectivity index is 1.36. The van der Waals surface area contributed by atoms with Gasteiger partial charge < -0.3 is 10.2 Å². The summed E-state index contributed by atoms with van der Waals surface area (Å²) in [6.07, 6.45) is 6.15. The van der Waals surface area contributed by atoms with Crippen LogP contribution in [0.1, 0.15) is 61.7 Å². The molecule has 126 valence electrons. The van der Waals surface area contributed by atoms with E-state index < -0.39 is 0 Å². The average molecular weight is 334 g/mol. The number of likely N-dealkylation sites (tertiary alicyclic amines) is 1. The van der Waals surface area contributed by atoms with Crippen molar-refractivity contribution in [3.05, 3.63) is 16.1 Å². The Morgan fingerprint density at radius 2 is 2.09 bits per heavy atom. The van der Waals surface area contributed by atoms with Crippen molar-refractivity contribution in [3.8, 4) is 0 Å². The third-order valence-electron chi connectivity index (χ3n) is 5.69. The van der Waals surface area contributed by atoms with Crippen molar-refractivity contribution < 1.29 is 4.79 Å². The van der Waals surface area contributed by atoms with E-state index in [0.29, 0.717) is 18.0 Å². The number of nitrogens with zero attached hydrogens (tertiary/aromatic N) is 3. The van der Waals surface area contributed by atoms with Crippen LogP contribution in [0.2, 0.25) is 0 Å². The Labute approximate surface area is 142 Å². The molecule has 5 nitrogen and oxygen atoms in total. The molecule has 0 radical (unpaired) electrons. The summed E-state index contributed by atoms with van der Waals surface area (Å²) in [6, 6.07) is 1.25. The largest absolute Gasteiger partial charge is 0.330 e. The van der Waals surface area contributed by atoms with Gasteiger partial charge in [-0.15, -0.1) is 11.3 Å². The van der Waals surface area contributed by atoms with Crippen molar-refractivity contribution in [2.45, 2.75) is 63.1 Å². The third-order valence-corrected chi connectivity index (χ3v) is 6.71. The van der Waals surface area contributed by atoms with Gasteiger partial charge in [0.15, 0.2) is 0 Å². The summed E-state index contributed by atoms with van der Waals surface area (Å²) in [5.74, 6) is 0.688. The molecule has 2 saturated heterocycles. The van der Waals surface area contributed by atoms with Crippen molar-refractivity contribution in [2.24, 2.45) is 0 Å². The Bertz CT molecular complexity index is 585. The maximum absolute atomic E-state index is 12.6. The maximum atomic E-state index is 12.6. The van der Waals surface area contributed by atoms with E-state index in [9.17, 15) is 4.79 Å². The number of fused-ring (bicyclic) bond motifs is 2. The highest BCUT2D eigenvalue weighted by Crippen LogP contribution is 2.41. The summed E-state index contributed by atoms with van der Waals surface area (Å²) in [5, 5.41) is 6.51. The lowest BCUT2D eigenvalue weighted by molar-refractivity contribution is 0.185. The fourth-order valence-corrected chi connectivity index (χ4v) is 4.95. The molecular formula is C17H26N4OS. The summed E-state index contributed by atoms with van der Waals surface area (Å²) >= 11 is 1.74. The van der Waals surface area contributed by atoms with Gasteiger partial charge in [-0.2, -0.15) is 0 Å². The normalized spacial score (nSPS) is 29.4. The van der Waals surface area contributed by atoms with Crippen LogP contribution in [0.15, 0.2) is 5.38 Å². The molecule has 6 heteroatoms. The number of thiazole rings is 1.